The van der Waals surface area contributed by atoms with E-state index in [9.17, 15) is 28.4 Å². The predicted octanol–water partition coefficient (Wildman–Crippen LogP) is 4.67. The average molecular weight is 604 g/mol. The van der Waals surface area contributed by atoms with Gasteiger partial charge in [-0.2, -0.15) is 10.4 Å². The molecule has 4 aromatic rings. The van der Waals surface area contributed by atoms with E-state index in [2.05, 4.69) is 20.5 Å². The van der Waals surface area contributed by atoms with Gasteiger partial charge >= 0.3 is 0 Å². The zero-order valence-corrected chi connectivity index (χ0v) is 23.3. The summed E-state index contributed by atoms with van der Waals surface area (Å²) >= 11 is 6.59. The highest BCUT2D eigenvalue weighted by atomic mass is 35.5. The molecule has 2 aliphatic rings. The second-order valence-corrected chi connectivity index (χ2v) is 11.0. The maximum atomic E-state index is 14.7. The summed E-state index contributed by atoms with van der Waals surface area (Å²) in [4.78, 5) is 48.5. The molecule has 2 aromatic heterocycles. The lowest BCUT2D eigenvalue weighted by Crippen LogP contribution is -2.56. The van der Waals surface area contributed by atoms with Gasteiger partial charge in [-0.1, -0.05) is 29.8 Å². The highest BCUT2D eigenvalue weighted by Crippen LogP contribution is 2.40. The number of halogens is 3. The molecule has 13 heteroatoms. The Morgan fingerprint density at radius 1 is 1.19 bits per heavy atom. The highest BCUT2D eigenvalue weighted by Gasteiger charge is 2.48. The van der Waals surface area contributed by atoms with E-state index in [1.54, 1.807) is 48.7 Å². The number of nitriles is 1. The number of anilines is 2. The standard InChI is InChI=1S/C30H24ClF2N7O3/c31-22-4-2-1-3-21(22)27(28(42)37-19-13-30(32,33)14-19)39(20-6-5-18-16-36-38-23(18)12-20)29(43)24-7-8-26(41)40(24)25-11-17(15-34)9-10-35-25/h1-6,9-12,16,19,24,27H,7-8,13-14H2,(H,36,38)(H,37,42). The van der Waals surface area contributed by atoms with Crippen LogP contribution in [-0.2, 0) is 14.4 Å². The topological polar surface area (TPSA) is 135 Å². The van der Waals surface area contributed by atoms with Gasteiger partial charge in [-0.05, 0) is 42.8 Å². The van der Waals surface area contributed by atoms with Crippen molar-refractivity contribution in [1.82, 2.24) is 20.5 Å². The van der Waals surface area contributed by atoms with Crippen LogP contribution < -0.4 is 15.1 Å². The first kappa shape index (κ1) is 28.2. The molecule has 2 unspecified atom stereocenters. The van der Waals surface area contributed by atoms with Crippen LogP contribution in [0.3, 0.4) is 0 Å². The van der Waals surface area contributed by atoms with Crippen LogP contribution in [0.4, 0.5) is 20.3 Å². The van der Waals surface area contributed by atoms with Crippen molar-refractivity contribution in [3.8, 4) is 6.07 Å². The Labute approximate surface area is 249 Å². The third-order valence-electron chi connectivity index (χ3n) is 7.70. The molecule has 1 saturated carbocycles. The average Bonchev–Trinajstić information content (AvgIpc) is 3.61. The van der Waals surface area contributed by atoms with Crippen LogP contribution in [0.15, 0.2) is 67.0 Å². The summed E-state index contributed by atoms with van der Waals surface area (Å²) in [6.07, 6.45) is 2.08. The summed E-state index contributed by atoms with van der Waals surface area (Å²) in [5.74, 6) is -4.45. The number of carbonyl (C=O) groups excluding carboxylic acids is 3. The fraction of sp³-hybridized carbons (Fsp3) is 0.267. The van der Waals surface area contributed by atoms with Crippen LogP contribution in [0, 0.1) is 11.3 Å². The Morgan fingerprint density at radius 3 is 2.72 bits per heavy atom. The highest BCUT2D eigenvalue weighted by molar-refractivity contribution is 6.31. The Morgan fingerprint density at radius 2 is 1.98 bits per heavy atom. The number of carbonyl (C=O) groups is 3. The van der Waals surface area contributed by atoms with E-state index in [0.29, 0.717) is 11.2 Å². The molecular weight excluding hydrogens is 580 g/mol. The summed E-state index contributed by atoms with van der Waals surface area (Å²) < 4.78 is 27.4. The molecule has 10 nitrogen and oxygen atoms in total. The number of fused-ring (bicyclic) bond motifs is 1. The van der Waals surface area contributed by atoms with Crippen molar-refractivity contribution >= 4 is 51.7 Å². The number of aromatic nitrogens is 3. The Bertz CT molecular complexity index is 1780. The van der Waals surface area contributed by atoms with Gasteiger partial charge in [0, 0.05) is 53.2 Å². The number of aromatic amines is 1. The normalized spacial score (nSPS) is 18.6. The van der Waals surface area contributed by atoms with Gasteiger partial charge in [-0.25, -0.2) is 13.8 Å². The molecule has 2 aromatic carbocycles. The quantitative estimate of drug-likeness (QED) is 0.315. The fourth-order valence-corrected chi connectivity index (χ4v) is 5.84. The van der Waals surface area contributed by atoms with Gasteiger partial charge < -0.3 is 5.32 Å². The molecule has 1 aliphatic heterocycles. The van der Waals surface area contributed by atoms with Crippen molar-refractivity contribution in [1.29, 1.82) is 5.26 Å². The summed E-state index contributed by atoms with van der Waals surface area (Å²) in [5, 5.41) is 19.9. The third kappa shape index (κ3) is 5.39. The number of H-pyrrole nitrogens is 1. The lowest BCUT2D eigenvalue weighted by molar-refractivity contribution is -0.133. The smallest absolute Gasteiger partial charge is 0.252 e. The number of alkyl halides is 2. The van der Waals surface area contributed by atoms with Crippen LogP contribution in [-0.4, -0.2) is 50.9 Å². The number of benzene rings is 2. The van der Waals surface area contributed by atoms with Gasteiger partial charge in [-0.3, -0.25) is 29.3 Å². The minimum Gasteiger partial charge on any atom is -0.351 e. The zero-order chi connectivity index (χ0) is 30.3. The molecule has 2 atom stereocenters. The minimum atomic E-state index is -2.88. The first-order valence-electron chi connectivity index (χ1n) is 13.5. The molecule has 1 aliphatic carbocycles. The van der Waals surface area contributed by atoms with Gasteiger partial charge in [0.05, 0.1) is 23.3 Å². The number of nitrogens with zero attached hydrogens (tertiary/aromatic N) is 5. The number of nitrogens with one attached hydrogen (secondary N) is 2. The van der Waals surface area contributed by atoms with Gasteiger partial charge in [0.25, 0.3) is 11.8 Å². The Kier molecular flexibility index (Phi) is 7.27. The van der Waals surface area contributed by atoms with E-state index in [0.717, 1.165) is 5.39 Å². The van der Waals surface area contributed by atoms with Crippen molar-refractivity contribution in [3.05, 3.63) is 83.1 Å². The largest absolute Gasteiger partial charge is 0.351 e. The fourth-order valence-electron chi connectivity index (χ4n) is 5.60. The van der Waals surface area contributed by atoms with Crippen LogP contribution in [0.1, 0.15) is 42.9 Å². The van der Waals surface area contributed by atoms with E-state index in [1.807, 2.05) is 6.07 Å². The van der Waals surface area contributed by atoms with Crippen molar-refractivity contribution < 1.29 is 23.2 Å². The summed E-state index contributed by atoms with van der Waals surface area (Å²) in [6, 6.07) is 13.1. The molecular formula is C30H24ClF2N7O3. The monoisotopic (exact) mass is 603 g/mol. The summed E-state index contributed by atoms with van der Waals surface area (Å²) in [6.45, 7) is 0. The lowest BCUT2D eigenvalue weighted by atomic mass is 9.87. The van der Waals surface area contributed by atoms with E-state index in [4.69, 9.17) is 11.6 Å². The number of amides is 3. The van der Waals surface area contributed by atoms with E-state index >= 15 is 0 Å². The molecule has 3 amide bonds. The van der Waals surface area contributed by atoms with Gasteiger partial charge in [-0.15, -0.1) is 0 Å². The SMILES string of the molecule is N#Cc1ccnc(N2C(=O)CCC2C(=O)N(c2ccc3cn[nH]c3c2)C(C(=O)NC2CC(F)(F)C2)c2ccccc2Cl)c1. The maximum absolute atomic E-state index is 14.7. The van der Waals surface area contributed by atoms with Crippen molar-refractivity contribution in [3.63, 3.8) is 0 Å². The minimum absolute atomic E-state index is 0.0302. The Balaban J connectivity index is 1.47. The predicted molar refractivity (Wildman–Crippen MR) is 153 cm³/mol. The third-order valence-corrected chi connectivity index (χ3v) is 8.05. The van der Waals surface area contributed by atoms with Crippen LogP contribution >= 0.6 is 11.6 Å². The molecule has 1 saturated heterocycles. The van der Waals surface area contributed by atoms with Crippen LogP contribution in [0.2, 0.25) is 5.02 Å². The molecule has 2 fully saturated rings. The van der Waals surface area contributed by atoms with Crippen molar-refractivity contribution in [2.45, 2.75) is 49.7 Å². The van der Waals surface area contributed by atoms with Crippen molar-refractivity contribution in [2.75, 3.05) is 9.80 Å². The molecule has 0 bridgehead atoms. The molecule has 0 spiro atoms. The second kappa shape index (κ2) is 11.1. The number of hydrogen-bond acceptors (Lipinski definition) is 6. The van der Waals surface area contributed by atoms with Crippen molar-refractivity contribution in [2.24, 2.45) is 0 Å². The first-order chi connectivity index (χ1) is 20.6. The van der Waals surface area contributed by atoms with Gasteiger partial charge in [0.2, 0.25) is 11.8 Å². The molecule has 0 radical (unpaired) electrons. The van der Waals surface area contributed by atoms with E-state index in [-0.39, 0.29) is 40.7 Å². The maximum Gasteiger partial charge on any atom is 0.252 e. The van der Waals surface area contributed by atoms with E-state index in [1.165, 1.54) is 28.1 Å². The van der Waals surface area contributed by atoms with Gasteiger partial charge in [0.1, 0.15) is 17.9 Å². The first-order valence-corrected chi connectivity index (χ1v) is 13.9. The molecule has 2 N–H and O–H groups in total. The molecule has 43 heavy (non-hydrogen) atoms. The van der Waals surface area contributed by atoms with E-state index < -0.39 is 48.7 Å². The zero-order valence-electron chi connectivity index (χ0n) is 22.5. The second-order valence-electron chi connectivity index (χ2n) is 10.6. The summed E-state index contributed by atoms with van der Waals surface area (Å²) in [7, 11) is 0. The Hall–Kier alpha value is -4.89. The van der Waals surface area contributed by atoms with Crippen LogP contribution in [0.25, 0.3) is 10.9 Å². The lowest BCUT2D eigenvalue weighted by Gasteiger charge is -2.39. The number of pyridine rings is 1. The van der Waals surface area contributed by atoms with Gasteiger partial charge in [0.15, 0.2) is 0 Å². The molecule has 218 valence electrons. The number of hydrogen-bond donors (Lipinski definition) is 2. The molecule has 3 heterocycles. The summed E-state index contributed by atoms with van der Waals surface area (Å²) in [5.41, 5.74) is 1.39. The van der Waals surface area contributed by atoms with Crippen LogP contribution in [0.5, 0.6) is 0 Å². The molecule has 6 rings (SSSR count). The number of rotatable bonds is 7.